The highest BCUT2D eigenvalue weighted by molar-refractivity contribution is 5.86. The Balaban J connectivity index is 1.79. The predicted molar refractivity (Wildman–Crippen MR) is 65.2 cm³/mol. The second-order valence-electron chi connectivity index (χ2n) is 4.37. The molecule has 1 aliphatic rings. The Morgan fingerprint density at radius 1 is 1.61 bits per heavy atom. The maximum atomic E-state index is 11.7. The first-order valence-electron chi connectivity index (χ1n) is 6.30. The zero-order valence-corrected chi connectivity index (χ0v) is 10.4. The highest BCUT2D eigenvalue weighted by Crippen LogP contribution is 2.13. The summed E-state index contributed by atoms with van der Waals surface area (Å²) in [6.07, 6.45) is 6.45. The van der Waals surface area contributed by atoms with E-state index in [1.165, 1.54) is 0 Å². The van der Waals surface area contributed by atoms with Gasteiger partial charge in [-0.1, -0.05) is 0 Å². The van der Waals surface area contributed by atoms with E-state index in [-0.39, 0.29) is 6.10 Å². The molecule has 0 radical (unpaired) electrons. The Bertz CT molecular complexity index is 386. The van der Waals surface area contributed by atoms with Gasteiger partial charge in [-0.2, -0.15) is 0 Å². The molecule has 0 saturated carbocycles. The Labute approximate surface area is 106 Å². The third-order valence-electron chi connectivity index (χ3n) is 2.90. The summed E-state index contributed by atoms with van der Waals surface area (Å²) < 4.78 is 12.4. The molecule has 18 heavy (non-hydrogen) atoms. The molecule has 0 aliphatic carbocycles. The first kappa shape index (κ1) is 13.0. The quantitative estimate of drug-likeness (QED) is 0.776. The van der Waals surface area contributed by atoms with E-state index in [1.54, 1.807) is 17.1 Å². The third-order valence-corrected chi connectivity index (χ3v) is 2.90. The number of hydrogen-bond donors (Lipinski definition) is 1. The van der Waals surface area contributed by atoms with Crippen LogP contribution in [0.4, 0.5) is 0 Å². The van der Waals surface area contributed by atoms with E-state index in [4.69, 9.17) is 15.2 Å². The molecular formula is C12H19N3O3. The van der Waals surface area contributed by atoms with E-state index >= 15 is 0 Å². The molecule has 100 valence electrons. The van der Waals surface area contributed by atoms with Crippen molar-refractivity contribution in [3.05, 3.63) is 18.2 Å². The fraction of sp³-hybridized carbons (Fsp3) is 0.667. The molecular weight excluding hydrogens is 234 g/mol. The van der Waals surface area contributed by atoms with Crippen LogP contribution >= 0.6 is 0 Å². The average Bonchev–Trinajstić information content (AvgIpc) is 2.86. The SMILES string of the molecule is NCCn1cnc(C(=O)OCC2CCCCO2)c1. The van der Waals surface area contributed by atoms with Gasteiger partial charge in [0.05, 0.1) is 12.4 Å². The molecule has 2 rings (SSSR count). The predicted octanol–water partition coefficient (Wildman–Crippen LogP) is 0.568. The summed E-state index contributed by atoms with van der Waals surface area (Å²) in [5.74, 6) is -0.403. The van der Waals surface area contributed by atoms with Crippen LogP contribution in [0.25, 0.3) is 0 Å². The van der Waals surface area contributed by atoms with Crippen molar-refractivity contribution in [3.63, 3.8) is 0 Å². The summed E-state index contributed by atoms with van der Waals surface area (Å²) in [7, 11) is 0. The summed E-state index contributed by atoms with van der Waals surface area (Å²) in [5.41, 5.74) is 5.74. The van der Waals surface area contributed by atoms with Crippen LogP contribution in [0.1, 0.15) is 29.8 Å². The normalized spacial score (nSPS) is 19.7. The lowest BCUT2D eigenvalue weighted by Gasteiger charge is -2.21. The van der Waals surface area contributed by atoms with Crippen LogP contribution in [-0.2, 0) is 16.0 Å². The molecule has 0 amide bonds. The molecule has 2 heterocycles. The number of nitrogens with two attached hydrogens (primary N) is 1. The summed E-state index contributed by atoms with van der Waals surface area (Å²) in [6, 6.07) is 0. The minimum atomic E-state index is -0.403. The van der Waals surface area contributed by atoms with Crippen molar-refractivity contribution < 1.29 is 14.3 Å². The molecule has 6 nitrogen and oxygen atoms in total. The van der Waals surface area contributed by atoms with Crippen LogP contribution in [0.3, 0.4) is 0 Å². The van der Waals surface area contributed by atoms with E-state index < -0.39 is 5.97 Å². The van der Waals surface area contributed by atoms with Crippen molar-refractivity contribution in [2.75, 3.05) is 19.8 Å². The van der Waals surface area contributed by atoms with Crippen molar-refractivity contribution in [2.45, 2.75) is 31.9 Å². The van der Waals surface area contributed by atoms with Gasteiger partial charge in [0.2, 0.25) is 0 Å². The van der Waals surface area contributed by atoms with Crippen LogP contribution in [0.5, 0.6) is 0 Å². The van der Waals surface area contributed by atoms with Crippen molar-refractivity contribution in [1.82, 2.24) is 9.55 Å². The van der Waals surface area contributed by atoms with Crippen LogP contribution in [-0.4, -0.2) is 41.4 Å². The number of carbonyl (C=O) groups is 1. The summed E-state index contributed by atoms with van der Waals surface area (Å²) in [5, 5.41) is 0. The van der Waals surface area contributed by atoms with Gasteiger partial charge in [0, 0.05) is 25.9 Å². The average molecular weight is 253 g/mol. The van der Waals surface area contributed by atoms with Crippen molar-refractivity contribution in [1.29, 1.82) is 0 Å². The molecule has 1 atom stereocenters. The molecule has 1 saturated heterocycles. The summed E-state index contributed by atoms with van der Waals surface area (Å²) >= 11 is 0. The molecule has 1 fully saturated rings. The second-order valence-corrected chi connectivity index (χ2v) is 4.37. The maximum Gasteiger partial charge on any atom is 0.358 e. The third kappa shape index (κ3) is 3.54. The van der Waals surface area contributed by atoms with Crippen molar-refractivity contribution in [3.8, 4) is 0 Å². The fourth-order valence-electron chi connectivity index (χ4n) is 1.92. The Hall–Kier alpha value is -1.40. The van der Waals surface area contributed by atoms with Gasteiger partial charge in [0.25, 0.3) is 0 Å². The topological polar surface area (TPSA) is 79.4 Å². The number of carbonyl (C=O) groups excluding carboxylic acids is 1. The van der Waals surface area contributed by atoms with Crippen molar-refractivity contribution in [2.24, 2.45) is 5.73 Å². The molecule has 6 heteroatoms. The molecule has 1 aromatic rings. The van der Waals surface area contributed by atoms with E-state index in [2.05, 4.69) is 4.98 Å². The number of aromatic nitrogens is 2. The van der Waals surface area contributed by atoms with Crippen LogP contribution in [0, 0.1) is 0 Å². The first-order chi connectivity index (χ1) is 8.79. The van der Waals surface area contributed by atoms with Gasteiger partial charge in [-0.05, 0) is 19.3 Å². The molecule has 1 unspecified atom stereocenters. The highest BCUT2D eigenvalue weighted by Gasteiger charge is 2.17. The van der Waals surface area contributed by atoms with Gasteiger partial charge in [0.15, 0.2) is 5.69 Å². The number of hydrogen-bond acceptors (Lipinski definition) is 5. The van der Waals surface area contributed by atoms with Gasteiger partial charge >= 0.3 is 5.97 Å². The second kappa shape index (κ2) is 6.51. The number of nitrogens with zero attached hydrogens (tertiary/aromatic N) is 2. The van der Waals surface area contributed by atoms with Crippen LogP contribution < -0.4 is 5.73 Å². The molecule has 0 spiro atoms. The molecule has 2 N–H and O–H groups in total. The van der Waals surface area contributed by atoms with Gasteiger partial charge < -0.3 is 19.8 Å². The van der Waals surface area contributed by atoms with Crippen LogP contribution in [0.2, 0.25) is 0 Å². The lowest BCUT2D eigenvalue weighted by molar-refractivity contribution is -0.0302. The Kier molecular flexibility index (Phi) is 4.72. The van der Waals surface area contributed by atoms with Crippen molar-refractivity contribution >= 4 is 5.97 Å². The first-order valence-corrected chi connectivity index (χ1v) is 6.30. The zero-order valence-electron chi connectivity index (χ0n) is 10.4. The van der Waals surface area contributed by atoms with E-state index in [9.17, 15) is 4.79 Å². The van der Waals surface area contributed by atoms with Gasteiger partial charge in [-0.3, -0.25) is 0 Å². The van der Waals surface area contributed by atoms with Gasteiger partial charge in [0.1, 0.15) is 6.61 Å². The molecule has 1 aliphatic heterocycles. The number of ether oxygens (including phenoxy) is 2. The standard InChI is InChI=1S/C12H19N3O3/c13-4-5-15-7-11(14-9-15)12(16)18-8-10-3-1-2-6-17-10/h7,9-10H,1-6,8,13H2. The van der Waals surface area contributed by atoms with Crippen LogP contribution in [0.15, 0.2) is 12.5 Å². The molecule has 0 bridgehead atoms. The lowest BCUT2D eigenvalue weighted by Crippen LogP contribution is -2.26. The molecule has 1 aromatic heterocycles. The summed E-state index contributed by atoms with van der Waals surface area (Å²) in [4.78, 5) is 15.7. The van der Waals surface area contributed by atoms with E-state index in [0.29, 0.717) is 25.4 Å². The fourth-order valence-corrected chi connectivity index (χ4v) is 1.92. The monoisotopic (exact) mass is 253 g/mol. The summed E-state index contributed by atoms with van der Waals surface area (Å²) in [6.45, 7) is 2.22. The van der Waals surface area contributed by atoms with Gasteiger partial charge in [-0.25, -0.2) is 9.78 Å². The zero-order chi connectivity index (χ0) is 12.8. The van der Waals surface area contributed by atoms with E-state index in [0.717, 1.165) is 25.9 Å². The maximum absolute atomic E-state index is 11.7. The Morgan fingerprint density at radius 2 is 2.50 bits per heavy atom. The smallest absolute Gasteiger partial charge is 0.358 e. The lowest BCUT2D eigenvalue weighted by atomic mass is 10.1. The minimum absolute atomic E-state index is 0.0360. The number of esters is 1. The minimum Gasteiger partial charge on any atom is -0.458 e. The molecule has 0 aromatic carbocycles. The Morgan fingerprint density at radius 3 is 3.22 bits per heavy atom. The van der Waals surface area contributed by atoms with E-state index in [1.807, 2.05) is 0 Å². The highest BCUT2D eigenvalue weighted by atomic mass is 16.6. The largest absolute Gasteiger partial charge is 0.458 e. The number of rotatable bonds is 5. The van der Waals surface area contributed by atoms with Gasteiger partial charge in [-0.15, -0.1) is 0 Å². The number of imidazole rings is 1.